The van der Waals surface area contributed by atoms with E-state index in [9.17, 15) is 26.4 Å². The van der Waals surface area contributed by atoms with Gasteiger partial charge in [-0.05, 0) is 55.3 Å². The fourth-order valence-corrected chi connectivity index (χ4v) is 4.85. The molecule has 0 unspecified atom stereocenters. The van der Waals surface area contributed by atoms with E-state index in [1.54, 1.807) is 23.1 Å². The van der Waals surface area contributed by atoms with E-state index in [1.807, 2.05) is 19.9 Å². The number of hydrogen-bond donors (Lipinski definition) is 1. The van der Waals surface area contributed by atoms with Crippen molar-refractivity contribution in [1.29, 1.82) is 0 Å². The average Bonchev–Trinajstić information content (AvgIpc) is 2.75. The molecule has 1 heterocycles. The maximum Gasteiger partial charge on any atom is 0.416 e. The van der Waals surface area contributed by atoms with Gasteiger partial charge in [0, 0.05) is 44.0 Å². The summed E-state index contributed by atoms with van der Waals surface area (Å²) in [4.78, 5) is 14.0. The Bertz CT molecular complexity index is 1080. The normalized spacial score (nSPS) is 15.6. The molecule has 1 N–H and O–H groups in total. The maximum atomic E-state index is 12.9. The molecule has 2 aromatic carbocycles. The van der Waals surface area contributed by atoms with Gasteiger partial charge in [-0.2, -0.15) is 17.5 Å². The van der Waals surface area contributed by atoms with Gasteiger partial charge in [0.2, 0.25) is 10.0 Å². The fraction of sp³-hybridized carbons (Fsp3) is 0.409. The van der Waals surface area contributed by atoms with Crippen LogP contribution in [-0.4, -0.2) is 57.1 Å². The zero-order valence-electron chi connectivity index (χ0n) is 17.9. The molecule has 1 aliphatic heterocycles. The molecule has 0 atom stereocenters. The van der Waals surface area contributed by atoms with Crippen molar-refractivity contribution in [3.63, 3.8) is 0 Å². The minimum absolute atomic E-state index is 0.0259. The molecule has 1 aliphatic rings. The molecule has 1 saturated heterocycles. The van der Waals surface area contributed by atoms with Crippen molar-refractivity contribution in [3.05, 3.63) is 64.7 Å². The van der Waals surface area contributed by atoms with Crippen LogP contribution in [0.5, 0.6) is 0 Å². The molecule has 0 saturated carbocycles. The smallest absolute Gasteiger partial charge is 0.369 e. The molecule has 0 spiro atoms. The third kappa shape index (κ3) is 5.80. The summed E-state index contributed by atoms with van der Waals surface area (Å²) in [6, 6.07) is 10.3. The first kappa shape index (κ1) is 24.1. The van der Waals surface area contributed by atoms with Crippen LogP contribution in [0.3, 0.4) is 0 Å². The highest BCUT2D eigenvalue weighted by atomic mass is 32.2. The van der Waals surface area contributed by atoms with Crippen molar-refractivity contribution < 1.29 is 26.4 Å². The van der Waals surface area contributed by atoms with Crippen LogP contribution in [0.4, 0.5) is 18.9 Å². The Hall–Kier alpha value is -2.59. The summed E-state index contributed by atoms with van der Waals surface area (Å²) < 4.78 is 65.4. The quantitative estimate of drug-likeness (QED) is 0.706. The van der Waals surface area contributed by atoms with Crippen LogP contribution in [0.1, 0.15) is 27.0 Å². The third-order valence-corrected chi connectivity index (χ3v) is 7.46. The molecule has 174 valence electrons. The molecule has 2 aromatic rings. The number of carbonyl (C=O) groups excluding carboxylic acids is 1. The Morgan fingerprint density at radius 3 is 2.31 bits per heavy atom. The van der Waals surface area contributed by atoms with Crippen LogP contribution in [0.15, 0.2) is 42.5 Å². The first-order valence-corrected chi connectivity index (χ1v) is 11.8. The third-order valence-electron chi connectivity index (χ3n) is 5.59. The highest BCUT2D eigenvalue weighted by Crippen LogP contribution is 2.32. The van der Waals surface area contributed by atoms with Gasteiger partial charge in [-0.25, -0.2) is 8.42 Å². The van der Waals surface area contributed by atoms with Gasteiger partial charge in [0.05, 0.1) is 11.3 Å². The minimum atomic E-state index is -4.43. The van der Waals surface area contributed by atoms with Gasteiger partial charge in [-0.1, -0.05) is 12.1 Å². The molecule has 32 heavy (non-hydrogen) atoms. The lowest BCUT2D eigenvalue weighted by Crippen LogP contribution is -2.50. The number of nitrogens with one attached hydrogen (secondary N) is 1. The van der Waals surface area contributed by atoms with Crippen LogP contribution in [0.25, 0.3) is 0 Å². The topological polar surface area (TPSA) is 69.7 Å². The summed E-state index contributed by atoms with van der Waals surface area (Å²) >= 11 is 0. The molecule has 6 nitrogen and oxygen atoms in total. The number of piperazine rings is 1. The molecule has 0 aromatic heterocycles. The average molecular weight is 470 g/mol. The first-order chi connectivity index (χ1) is 15.0. The number of aryl methyl sites for hydroxylation is 2. The molecule has 1 amide bonds. The number of amides is 1. The molecule has 0 radical (unpaired) electrons. The highest BCUT2D eigenvalue weighted by molar-refractivity contribution is 7.89. The molecule has 1 fully saturated rings. The number of benzene rings is 2. The lowest BCUT2D eigenvalue weighted by atomic mass is 10.1. The summed E-state index contributed by atoms with van der Waals surface area (Å²) in [5, 5.41) is 2.63. The van der Waals surface area contributed by atoms with Crippen LogP contribution in [0, 0.1) is 13.8 Å². The van der Waals surface area contributed by atoms with Gasteiger partial charge in [0.1, 0.15) is 0 Å². The van der Waals surface area contributed by atoms with Crippen LogP contribution in [0.2, 0.25) is 0 Å². The lowest BCUT2D eigenvalue weighted by molar-refractivity contribution is -0.137. The number of alkyl halides is 3. The van der Waals surface area contributed by atoms with E-state index in [0.29, 0.717) is 11.3 Å². The van der Waals surface area contributed by atoms with E-state index in [4.69, 9.17) is 0 Å². The second-order valence-electron chi connectivity index (χ2n) is 7.81. The van der Waals surface area contributed by atoms with Crippen LogP contribution in [-0.2, 0) is 16.2 Å². The van der Waals surface area contributed by atoms with Crippen molar-refractivity contribution >= 4 is 21.6 Å². The second-order valence-corrected chi connectivity index (χ2v) is 9.89. The SMILES string of the molecule is Cc1ccc(C(=O)NCCS(=O)(=O)N2CCN(c3cccc(C(F)(F)F)c3)CC2)cc1C. The second kappa shape index (κ2) is 9.50. The minimum Gasteiger partial charge on any atom is -0.369 e. The molecule has 0 bridgehead atoms. The van der Waals surface area contributed by atoms with E-state index < -0.39 is 21.8 Å². The zero-order chi connectivity index (χ0) is 23.5. The maximum absolute atomic E-state index is 12.9. The van der Waals surface area contributed by atoms with Crippen molar-refractivity contribution in [2.24, 2.45) is 0 Å². The van der Waals surface area contributed by atoms with E-state index in [-0.39, 0.29) is 44.4 Å². The Kier molecular flexibility index (Phi) is 7.14. The first-order valence-electron chi connectivity index (χ1n) is 10.2. The number of halogens is 3. The van der Waals surface area contributed by atoms with Crippen molar-refractivity contribution in [2.75, 3.05) is 43.4 Å². The van der Waals surface area contributed by atoms with Gasteiger partial charge in [0.25, 0.3) is 5.91 Å². The largest absolute Gasteiger partial charge is 0.416 e. The van der Waals surface area contributed by atoms with Crippen molar-refractivity contribution in [1.82, 2.24) is 9.62 Å². The Morgan fingerprint density at radius 2 is 1.69 bits per heavy atom. The van der Waals surface area contributed by atoms with E-state index >= 15 is 0 Å². The zero-order valence-corrected chi connectivity index (χ0v) is 18.8. The number of sulfonamides is 1. The van der Waals surface area contributed by atoms with Crippen molar-refractivity contribution in [2.45, 2.75) is 20.0 Å². The fourth-order valence-electron chi connectivity index (χ4n) is 3.51. The predicted octanol–water partition coefficient (Wildman–Crippen LogP) is 3.20. The van der Waals surface area contributed by atoms with Crippen LogP contribution < -0.4 is 10.2 Å². The highest BCUT2D eigenvalue weighted by Gasteiger charge is 2.32. The van der Waals surface area contributed by atoms with Crippen LogP contribution >= 0.6 is 0 Å². The van der Waals surface area contributed by atoms with Gasteiger partial charge in [-0.15, -0.1) is 0 Å². The summed E-state index contributed by atoms with van der Waals surface area (Å²) in [7, 11) is -3.60. The van der Waals surface area contributed by atoms with Gasteiger partial charge in [-0.3, -0.25) is 4.79 Å². The Balaban J connectivity index is 1.52. The van der Waals surface area contributed by atoms with E-state index in [0.717, 1.165) is 23.3 Å². The number of anilines is 1. The summed E-state index contributed by atoms with van der Waals surface area (Å²) in [5.41, 5.74) is 2.19. The summed E-state index contributed by atoms with van der Waals surface area (Å²) in [5.74, 6) is -0.578. The molecular formula is C22H26F3N3O3S. The van der Waals surface area contributed by atoms with E-state index in [1.165, 1.54) is 10.4 Å². The molecular weight excluding hydrogens is 443 g/mol. The number of hydrogen-bond acceptors (Lipinski definition) is 4. The Morgan fingerprint density at radius 1 is 1.00 bits per heavy atom. The van der Waals surface area contributed by atoms with E-state index in [2.05, 4.69) is 5.32 Å². The molecule has 3 rings (SSSR count). The molecule has 0 aliphatic carbocycles. The number of rotatable bonds is 6. The molecule has 10 heteroatoms. The summed E-state index contributed by atoms with van der Waals surface area (Å²) in [6.07, 6.45) is -4.43. The Labute approximate surface area is 186 Å². The number of carbonyl (C=O) groups is 1. The van der Waals surface area contributed by atoms with Gasteiger partial charge < -0.3 is 10.2 Å². The lowest BCUT2D eigenvalue weighted by Gasteiger charge is -2.35. The predicted molar refractivity (Wildman–Crippen MR) is 117 cm³/mol. The van der Waals surface area contributed by atoms with Gasteiger partial charge in [0.15, 0.2) is 0 Å². The van der Waals surface area contributed by atoms with Gasteiger partial charge >= 0.3 is 6.18 Å². The monoisotopic (exact) mass is 469 g/mol. The number of nitrogens with zero attached hydrogens (tertiary/aromatic N) is 2. The summed E-state index contributed by atoms with van der Waals surface area (Å²) in [6.45, 7) is 4.73. The standard InChI is InChI=1S/C22H26F3N3O3S/c1-16-6-7-18(14-17(16)2)21(29)26-8-13-32(30,31)28-11-9-27(10-12-28)20-5-3-4-19(15-20)22(23,24)25/h3-7,14-15H,8-13H2,1-2H3,(H,26,29). The van der Waals surface area contributed by atoms with Crippen molar-refractivity contribution in [3.8, 4) is 0 Å².